The molecule has 0 aliphatic heterocycles. The predicted molar refractivity (Wildman–Crippen MR) is 119 cm³/mol. The first-order valence-corrected chi connectivity index (χ1v) is 13.3. The number of carbonyl (C=O) groups is 1. The Morgan fingerprint density at radius 1 is 0.889 bits per heavy atom. The van der Waals surface area contributed by atoms with Crippen LogP contribution in [0.2, 0.25) is 0 Å². The molecule has 1 N–H and O–H groups in total. The lowest BCUT2D eigenvalue weighted by atomic mass is 9.87. The summed E-state index contributed by atoms with van der Waals surface area (Å²) in [6.07, 6.45) is 14.1. The van der Waals surface area contributed by atoms with Gasteiger partial charge in [-0.1, -0.05) is 93.2 Å². The smallest absolute Gasteiger partial charge is 0.316 e. The summed E-state index contributed by atoms with van der Waals surface area (Å²) in [5.41, 5.74) is -0.919. The van der Waals surface area contributed by atoms with Crippen LogP contribution in [0.1, 0.15) is 91.4 Å². The predicted octanol–water partition coefficient (Wildman–Crippen LogP) is 6.21. The van der Waals surface area contributed by atoms with Crippen LogP contribution in [0.15, 0.2) is 0 Å². The first-order chi connectivity index (χ1) is 13.2. The molecule has 1 unspecified atom stereocenters. The molecule has 0 aromatic carbocycles. The summed E-state index contributed by atoms with van der Waals surface area (Å²) in [6, 6.07) is 0. The highest BCUT2D eigenvalue weighted by molar-refractivity contribution is 8.76. The average molecular weight is 423 g/mol. The highest BCUT2D eigenvalue weighted by atomic mass is 33.1. The molecule has 6 heteroatoms. The summed E-state index contributed by atoms with van der Waals surface area (Å²) in [5.74, 6) is 1.31. The van der Waals surface area contributed by atoms with Crippen molar-refractivity contribution in [2.75, 3.05) is 31.5 Å². The van der Waals surface area contributed by atoms with Crippen LogP contribution in [0.3, 0.4) is 0 Å². The van der Waals surface area contributed by atoms with Crippen LogP contribution in [0, 0.1) is 5.41 Å². The Labute approximate surface area is 175 Å². The SMILES string of the molecule is CCCCCCCCCCCCSSCOCC(CC)(CO)C(=O)OCC. The van der Waals surface area contributed by atoms with E-state index < -0.39 is 5.41 Å². The summed E-state index contributed by atoms with van der Waals surface area (Å²) < 4.78 is 10.7. The van der Waals surface area contributed by atoms with Gasteiger partial charge in [0.2, 0.25) is 0 Å². The summed E-state index contributed by atoms with van der Waals surface area (Å²) in [4.78, 5) is 12.0. The molecule has 0 bridgehead atoms. The lowest BCUT2D eigenvalue weighted by molar-refractivity contribution is -0.162. The van der Waals surface area contributed by atoms with E-state index in [-0.39, 0.29) is 19.2 Å². The summed E-state index contributed by atoms with van der Waals surface area (Å²) in [5, 5.41) is 9.60. The van der Waals surface area contributed by atoms with Crippen molar-refractivity contribution in [1.82, 2.24) is 0 Å². The molecule has 4 nitrogen and oxygen atoms in total. The second-order valence-corrected chi connectivity index (χ2v) is 9.63. The molecule has 0 saturated carbocycles. The number of esters is 1. The molecule has 1 atom stereocenters. The van der Waals surface area contributed by atoms with Gasteiger partial charge in [-0.3, -0.25) is 4.79 Å². The van der Waals surface area contributed by atoms with Crippen molar-refractivity contribution in [1.29, 1.82) is 0 Å². The maximum atomic E-state index is 12.0. The van der Waals surface area contributed by atoms with E-state index in [1.807, 2.05) is 17.7 Å². The van der Waals surface area contributed by atoms with E-state index in [4.69, 9.17) is 9.47 Å². The highest BCUT2D eigenvalue weighted by Gasteiger charge is 2.38. The van der Waals surface area contributed by atoms with E-state index in [2.05, 4.69) is 6.92 Å². The molecule has 0 aromatic rings. The second kappa shape index (κ2) is 19.4. The third-order valence-corrected chi connectivity index (χ3v) is 7.04. The molecule has 0 radical (unpaired) electrons. The molecular weight excluding hydrogens is 380 g/mol. The van der Waals surface area contributed by atoms with Gasteiger partial charge in [0.05, 0.1) is 19.8 Å². The van der Waals surface area contributed by atoms with E-state index >= 15 is 0 Å². The molecule has 0 rings (SSSR count). The molecule has 0 heterocycles. The van der Waals surface area contributed by atoms with E-state index in [0.29, 0.717) is 19.0 Å². The lowest BCUT2D eigenvalue weighted by Crippen LogP contribution is -2.40. The first-order valence-electron chi connectivity index (χ1n) is 10.8. The molecule has 0 aromatic heterocycles. The fraction of sp³-hybridized carbons (Fsp3) is 0.952. The van der Waals surface area contributed by atoms with Gasteiger partial charge in [-0.2, -0.15) is 0 Å². The number of ether oxygens (including phenoxy) is 2. The van der Waals surface area contributed by atoms with Gasteiger partial charge in [-0.25, -0.2) is 0 Å². The van der Waals surface area contributed by atoms with Gasteiger partial charge in [0.1, 0.15) is 11.4 Å². The second-order valence-electron chi connectivity index (χ2n) is 7.10. The Morgan fingerprint density at radius 2 is 1.48 bits per heavy atom. The monoisotopic (exact) mass is 422 g/mol. The normalized spacial score (nSPS) is 13.5. The van der Waals surface area contributed by atoms with E-state index in [1.165, 1.54) is 64.2 Å². The van der Waals surface area contributed by atoms with Gasteiger partial charge in [0, 0.05) is 5.75 Å². The van der Waals surface area contributed by atoms with Crippen molar-refractivity contribution in [2.45, 2.75) is 91.4 Å². The van der Waals surface area contributed by atoms with Gasteiger partial charge in [0.15, 0.2) is 0 Å². The fourth-order valence-electron chi connectivity index (χ4n) is 2.82. The number of carbonyl (C=O) groups excluding carboxylic acids is 1. The van der Waals surface area contributed by atoms with Crippen molar-refractivity contribution in [3.05, 3.63) is 0 Å². The number of aliphatic hydroxyl groups is 1. The molecule has 0 saturated heterocycles. The molecule has 27 heavy (non-hydrogen) atoms. The van der Waals surface area contributed by atoms with Gasteiger partial charge >= 0.3 is 5.97 Å². The minimum absolute atomic E-state index is 0.213. The van der Waals surface area contributed by atoms with Crippen molar-refractivity contribution in [3.8, 4) is 0 Å². The average Bonchev–Trinajstić information content (AvgIpc) is 2.68. The maximum Gasteiger partial charge on any atom is 0.316 e. The van der Waals surface area contributed by atoms with Crippen LogP contribution >= 0.6 is 21.6 Å². The molecule has 0 amide bonds. The molecule has 0 spiro atoms. The summed E-state index contributed by atoms with van der Waals surface area (Å²) in [7, 11) is 3.51. The Hall–Kier alpha value is 0.0900. The van der Waals surface area contributed by atoms with Crippen molar-refractivity contribution >= 4 is 27.6 Å². The number of aliphatic hydroxyl groups excluding tert-OH is 1. The Kier molecular flexibility index (Phi) is 19.5. The van der Waals surface area contributed by atoms with Gasteiger partial charge in [0.25, 0.3) is 0 Å². The van der Waals surface area contributed by atoms with Crippen LogP contribution < -0.4 is 0 Å². The molecule has 0 fully saturated rings. The van der Waals surface area contributed by atoms with Gasteiger partial charge in [-0.05, 0) is 19.8 Å². The van der Waals surface area contributed by atoms with Crippen LogP contribution in [0.5, 0.6) is 0 Å². The minimum Gasteiger partial charge on any atom is -0.465 e. The van der Waals surface area contributed by atoms with Gasteiger partial charge < -0.3 is 14.6 Å². The van der Waals surface area contributed by atoms with Crippen LogP contribution in [0.4, 0.5) is 0 Å². The van der Waals surface area contributed by atoms with E-state index in [1.54, 1.807) is 17.7 Å². The van der Waals surface area contributed by atoms with Crippen molar-refractivity contribution in [2.24, 2.45) is 5.41 Å². The van der Waals surface area contributed by atoms with Crippen LogP contribution in [-0.4, -0.2) is 42.6 Å². The quantitative estimate of drug-likeness (QED) is 0.109. The zero-order chi connectivity index (χ0) is 20.2. The Bertz CT molecular complexity index is 336. The standard InChI is InChI=1S/C21H42O4S2/c1-4-7-8-9-10-11-12-13-14-15-16-26-27-19-24-18-21(5-2,17-22)20(23)25-6-3/h22H,4-19H2,1-3H3. The molecule has 0 aliphatic carbocycles. The number of hydrogen-bond acceptors (Lipinski definition) is 6. The minimum atomic E-state index is -0.919. The number of unbranched alkanes of at least 4 members (excludes halogenated alkanes) is 9. The van der Waals surface area contributed by atoms with E-state index in [9.17, 15) is 9.90 Å². The van der Waals surface area contributed by atoms with Crippen molar-refractivity contribution < 1.29 is 19.4 Å². The summed E-state index contributed by atoms with van der Waals surface area (Å²) in [6.45, 7) is 6.22. The maximum absolute atomic E-state index is 12.0. The van der Waals surface area contributed by atoms with Crippen molar-refractivity contribution in [3.63, 3.8) is 0 Å². The first kappa shape index (κ1) is 27.1. The molecule has 162 valence electrons. The van der Waals surface area contributed by atoms with Gasteiger partial charge in [-0.15, -0.1) is 0 Å². The zero-order valence-corrected chi connectivity index (χ0v) is 19.4. The fourth-order valence-corrected chi connectivity index (χ4v) is 4.60. The topological polar surface area (TPSA) is 55.8 Å². The molecular formula is C21H42O4S2. The Balaban J connectivity index is 3.51. The molecule has 0 aliphatic rings. The number of hydrogen-bond donors (Lipinski definition) is 1. The third-order valence-electron chi connectivity index (χ3n) is 4.86. The van der Waals surface area contributed by atoms with E-state index in [0.717, 1.165) is 5.75 Å². The zero-order valence-electron chi connectivity index (χ0n) is 17.8. The third kappa shape index (κ3) is 13.8. The lowest BCUT2D eigenvalue weighted by Gasteiger charge is -2.27. The van der Waals surface area contributed by atoms with Crippen LogP contribution in [-0.2, 0) is 14.3 Å². The highest BCUT2D eigenvalue weighted by Crippen LogP contribution is 2.27. The number of rotatable bonds is 20. The Morgan fingerprint density at radius 3 is 2.00 bits per heavy atom. The summed E-state index contributed by atoms with van der Waals surface area (Å²) >= 11 is 0. The van der Waals surface area contributed by atoms with Crippen LogP contribution in [0.25, 0.3) is 0 Å². The largest absolute Gasteiger partial charge is 0.465 e.